The molecule has 0 amide bonds. The van der Waals surface area contributed by atoms with Crippen molar-refractivity contribution < 1.29 is 19.7 Å². The molecule has 1 rings (SSSR count). The van der Waals surface area contributed by atoms with Crippen molar-refractivity contribution in [2.75, 3.05) is 14.2 Å². The molecule has 4 heteroatoms. The maximum Gasteiger partial charge on any atom is 0.170 e. The second-order valence-electron chi connectivity index (χ2n) is 3.75. The van der Waals surface area contributed by atoms with Gasteiger partial charge in [0.05, 0.1) is 25.4 Å². The third-order valence-electron chi connectivity index (χ3n) is 2.14. The summed E-state index contributed by atoms with van der Waals surface area (Å²) in [5, 5.41) is 19.6. The van der Waals surface area contributed by atoms with E-state index < -0.39 is 5.60 Å². The number of ether oxygens (including phenoxy) is 2. The molecule has 1 aromatic carbocycles. The molecule has 0 saturated heterocycles. The Kier molecular flexibility index (Phi) is 3.09. The number of hydrogen-bond donors (Lipinski definition) is 2. The number of phenolic OH excluding ortho intramolecular Hbond substituents is 1. The van der Waals surface area contributed by atoms with E-state index >= 15 is 0 Å². The Morgan fingerprint density at radius 2 is 1.73 bits per heavy atom. The van der Waals surface area contributed by atoms with E-state index in [9.17, 15) is 10.2 Å². The highest BCUT2D eigenvalue weighted by molar-refractivity contribution is 5.55. The van der Waals surface area contributed by atoms with Gasteiger partial charge in [0.15, 0.2) is 11.5 Å². The fraction of sp³-hybridized carbons (Fsp3) is 0.455. The van der Waals surface area contributed by atoms with Crippen LogP contribution in [0.4, 0.5) is 0 Å². The van der Waals surface area contributed by atoms with Gasteiger partial charge in [-0.3, -0.25) is 0 Å². The van der Waals surface area contributed by atoms with Gasteiger partial charge in [-0.25, -0.2) is 0 Å². The van der Waals surface area contributed by atoms with E-state index in [4.69, 9.17) is 9.47 Å². The average Bonchev–Trinajstić information content (AvgIpc) is 2.15. The monoisotopic (exact) mass is 212 g/mol. The second kappa shape index (κ2) is 3.98. The lowest BCUT2D eigenvalue weighted by Crippen LogP contribution is -2.17. The number of methoxy groups -OCH3 is 2. The molecule has 15 heavy (non-hydrogen) atoms. The first-order valence-electron chi connectivity index (χ1n) is 4.58. The number of rotatable bonds is 3. The van der Waals surface area contributed by atoms with E-state index in [1.165, 1.54) is 20.3 Å². The highest BCUT2D eigenvalue weighted by Crippen LogP contribution is 2.42. The van der Waals surface area contributed by atoms with Crippen LogP contribution < -0.4 is 9.47 Å². The van der Waals surface area contributed by atoms with Gasteiger partial charge >= 0.3 is 0 Å². The van der Waals surface area contributed by atoms with Crippen LogP contribution in [0.3, 0.4) is 0 Å². The lowest BCUT2D eigenvalue weighted by molar-refractivity contribution is 0.0722. The molecule has 0 aliphatic rings. The molecular formula is C11H16O4. The summed E-state index contributed by atoms with van der Waals surface area (Å²) in [6.45, 7) is 3.15. The van der Waals surface area contributed by atoms with Crippen LogP contribution in [0.2, 0.25) is 0 Å². The molecule has 84 valence electrons. The first-order chi connectivity index (χ1) is 6.91. The minimum atomic E-state index is -1.19. The van der Waals surface area contributed by atoms with Crippen molar-refractivity contribution in [2.45, 2.75) is 19.4 Å². The third-order valence-corrected chi connectivity index (χ3v) is 2.14. The molecule has 0 fully saturated rings. The normalized spacial score (nSPS) is 11.3. The largest absolute Gasteiger partial charge is 0.507 e. The summed E-state index contributed by atoms with van der Waals surface area (Å²) in [5.74, 6) is 0.817. The van der Waals surface area contributed by atoms with Crippen LogP contribution in [0.25, 0.3) is 0 Å². The SMILES string of the molecule is COc1ccc(O)c(C(C)(C)O)c1OC. The van der Waals surface area contributed by atoms with Gasteiger partial charge in [0.25, 0.3) is 0 Å². The lowest BCUT2D eigenvalue weighted by Gasteiger charge is -2.23. The van der Waals surface area contributed by atoms with Gasteiger partial charge in [0.2, 0.25) is 0 Å². The van der Waals surface area contributed by atoms with Crippen LogP contribution in [0.1, 0.15) is 19.4 Å². The van der Waals surface area contributed by atoms with Crippen LogP contribution in [-0.4, -0.2) is 24.4 Å². The van der Waals surface area contributed by atoms with Crippen LogP contribution in [0, 0.1) is 0 Å². The Hall–Kier alpha value is -1.42. The minimum Gasteiger partial charge on any atom is -0.507 e. The third kappa shape index (κ3) is 2.15. The first kappa shape index (κ1) is 11.7. The van der Waals surface area contributed by atoms with Crippen molar-refractivity contribution in [3.8, 4) is 17.2 Å². The number of benzene rings is 1. The van der Waals surface area contributed by atoms with Crippen molar-refractivity contribution in [3.63, 3.8) is 0 Å². The van der Waals surface area contributed by atoms with Gasteiger partial charge in [-0.05, 0) is 26.0 Å². The molecule has 0 aromatic heterocycles. The van der Waals surface area contributed by atoms with E-state index in [2.05, 4.69) is 0 Å². The van der Waals surface area contributed by atoms with Gasteiger partial charge < -0.3 is 19.7 Å². The molecule has 4 nitrogen and oxygen atoms in total. The summed E-state index contributed by atoms with van der Waals surface area (Å²) in [6, 6.07) is 3.05. The highest BCUT2D eigenvalue weighted by atomic mass is 16.5. The lowest BCUT2D eigenvalue weighted by atomic mass is 9.96. The first-order valence-corrected chi connectivity index (χ1v) is 4.58. The molecule has 0 unspecified atom stereocenters. The standard InChI is InChI=1S/C11H16O4/c1-11(2,13)9-7(12)5-6-8(14-3)10(9)15-4/h5-6,12-13H,1-4H3. The quantitative estimate of drug-likeness (QED) is 0.799. The topological polar surface area (TPSA) is 58.9 Å². The Bertz CT molecular complexity index is 352. The number of aromatic hydroxyl groups is 1. The van der Waals surface area contributed by atoms with Crippen molar-refractivity contribution in [3.05, 3.63) is 17.7 Å². The summed E-state index contributed by atoms with van der Waals surface area (Å²) < 4.78 is 10.2. The van der Waals surface area contributed by atoms with E-state index in [0.717, 1.165) is 0 Å². The molecule has 0 aliphatic heterocycles. The second-order valence-corrected chi connectivity index (χ2v) is 3.75. The van der Waals surface area contributed by atoms with Crippen LogP contribution in [0.5, 0.6) is 17.2 Å². The number of hydrogen-bond acceptors (Lipinski definition) is 4. The number of aliphatic hydroxyl groups is 1. The Morgan fingerprint density at radius 3 is 2.13 bits per heavy atom. The van der Waals surface area contributed by atoms with Crippen LogP contribution in [-0.2, 0) is 5.60 Å². The molecule has 0 aliphatic carbocycles. The summed E-state index contributed by atoms with van der Waals surface area (Å²) in [7, 11) is 2.97. The van der Waals surface area contributed by atoms with Crippen molar-refractivity contribution in [2.24, 2.45) is 0 Å². The van der Waals surface area contributed by atoms with Gasteiger partial charge in [0, 0.05) is 0 Å². The molecular weight excluding hydrogens is 196 g/mol. The Balaban J connectivity index is 3.46. The van der Waals surface area contributed by atoms with E-state index in [-0.39, 0.29) is 5.75 Å². The Morgan fingerprint density at radius 1 is 1.13 bits per heavy atom. The van der Waals surface area contributed by atoms with Gasteiger partial charge in [-0.15, -0.1) is 0 Å². The molecule has 1 aromatic rings. The highest BCUT2D eigenvalue weighted by Gasteiger charge is 2.27. The molecule has 0 atom stereocenters. The minimum absolute atomic E-state index is 0.0137. The van der Waals surface area contributed by atoms with Crippen molar-refractivity contribution in [1.82, 2.24) is 0 Å². The molecule has 0 bridgehead atoms. The van der Waals surface area contributed by atoms with Crippen LogP contribution >= 0.6 is 0 Å². The zero-order valence-electron chi connectivity index (χ0n) is 9.37. The zero-order chi connectivity index (χ0) is 11.6. The molecule has 0 spiro atoms. The summed E-state index contributed by atoms with van der Waals surface area (Å²) in [6.07, 6.45) is 0. The van der Waals surface area contributed by atoms with Crippen molar-refractivity contribution in [1.29, 1.82) is 0 Å². The summed E-state index contributed by atoms with van der Waals surface area (Å²) in [4.78, 5) is 0. The smallest absolute Gasteiger partial charge is 0.170 e. The van der Waals surface area contributed by atoms with Crippen LogP contribution in [0.15, 0.2) is 12.1 Å². The maximum absolute atomic E-state index is 9.91. The van der Waals surface area contributed by atoms with Crippen molar-refractivity contribution >= 4 is 0 Å². The van der Waals surface area contributed by atoms with Gasteiger partial charge in [-0.2, -0.15) is 0 Å². The number of phenols is 1. The summed E-state index contributed by atoms with van der Waals surface area (Å²) >= 11 is 0. The predicted molar refractivity (Wildman–Crippen MR) is 56.5 cm³/mol. The average molecular weight is 212 g/mol. The maximum atomic E-state index is 9.91. The fourth-order valence-electron chi connectivity index (χ4n) is 1.51. The molecule has 2 N–H and O–H groups in total. The van der Waals surface area contributed by atoms with Gasteiger partial charge in [0.1, 0.15) is 5.75 Å². The molecule has 0 heterocycles. The van der Waals surface area contributed by atoms with Gasteiger partial charge in [-0.1, -0.05) is 0 Å². The van der Waals surface area contributed by atoms with E-state index in [1.54, 1.807) is 19.9 Å². The molecule has 0 radical (unpaired) electrons. The molecule has 0 saturated carbocycles. The van der Waals surface area contributed by atoms with E-state index in [0.29, 0.717) is 17.1 Å². The Labute approximate surface area is 89.1 Å². The predicted octanol–water partition coefficient (Wildman–Crippen LogP) is 1.64. The fourth-order valence-corrected chi connectivity index (χ4v) is 1.51. The van der Waals surface area contributed by atoms with E-state index in [1.807, 2.05) is 0 Å². The summed E-state index contributed by atoms with van der Waals surface area (Å²) in [5.41, 5.74) is -0.867. The zero-order valence-corrected chi connectivity index (χ0v) is 9.37.